The molecule has 0 bridgehead atoms. The number of carboxylic acid groups (broad SMARTS) is 1. The SMILES string of the molecule is CCNC(=O)CNc1ccc(C(=O)O)c(C)c1. The maximum Gasteiger partial charge on any atom is 0.335 e. The predicted octanol–water partition coefficient (Wildman–Crippen LogP) is 1.24. The first-order valence-corrected chi connectivity index (χ1v) is 5.39. The minimum absolute atomic E-state index is 0.0903. The number of benzene rings is 1. The minimum atomic E-state index is -0.947. The summed E-state index contributed by atoms with van der Waals surface area (Å²) in [5.74, 6) is -1.04. The third-order valence-corrected chi connectivity index (χ3v) is 2.28. The number of aromatic carboxylic acids is 1. The second-order valence-electron chi connectivity index (χ2n) is 3.64. The van der Waals surface area contributed by atoms with Gasteiger partial charge in [0.2, 0.25) is 5.91 Å². The summed E-state index contributed by atoms with van der Waals surface area (Å²) in [5.41, 5.74) is 1.67. The maximum atomic E-state index is 11.2. The van der Waals surface area contributed by atoms with E-state index in [9.17, 15) is 9.59 Å². The monoisotopic (exact) mass is 236 g/mol. The first kappa shape index (κ1) is 13.0. The largest absolute Gasteiger partial charge is 0.478 e. The lowest BCUT2D eigenvalue weighted by Gasteiger charge is -2.08. The molecule has 0 fully saturated rings. The third kappa shape index (κ3) is 3.79. The molecule has 3 N–H and O–H groups in total. The van der Waals surface area contributed by atoms with E-state index < -0.39 is 5.97 Å². The Morgan fingerprint density at radius 2 is 2.06 bits per heavy atom. The molecular formula is C12H16N2O3. The molecule has 0 aliphatic carbocycles. The first-order chi connectivity index (χ1) is 8.04. The molecular weight excluding hydrogens is 220 g/mol. The van der Waals surface area contributed by atoms with Crippen LogP contribution in [-0.2, 0) is 4.79 Å². The van der Waals surface area contributed by atoms with E-state index in [-0.39, 0.29) is 18.0 Å². The van der Waals surface area contributed by atoms with Gasteiger partial charge in [-0.1, -0.05) is 0 Å². The summed E-state index contributed by atoms with van der Waals surface area (Å²) in [6, 6.07) is 4.89. The topological polar surface area (TPSA) is 78.4 Å². The maximum absolute atomic E-state index is 11.2. The van der Waals surface area contributed by atoms with E-state index in [1.807, 2.05) is 6.92 Å². The highest BCUT2D eigenvalue weighted by molar-refractivity contribution is 5.90. The number of likely N-dealkylation sites (N-methyl/N-ethyl adjacent to an activating group) is 1. The normalized spacial score (nSPS) is 9.76. The summed E-state index contributed by atoms with van der Waals surface area (Å²) in [4.78, 5) is 22.0. The van der Waals surface area contributed by atoms with E-state index in [1.165, 1.54) is 6.07 Å². The molecule has 1 amide bonds. The summed E-state index contributed by atoms with van der Waals surface area (Å²) < 4.78 is 0. The fraction of sp³-hybridized carbons (Fsp3) is 0.333. The van der Waals surface area contributed by atoms with Gasteiger partial charge in [0, 0.05) is 12.2 Å². The molecule has 0 radical (unpaired) electrons. The summed E-state index contributed by atoms with van der Waals surface area (Å²) in [6.45, 7) is 4.35. The van der Waals surface area contributed by atoms with Gasteiger partial charge in [0.25, 0.3) is 0 Å². The van der Waals surface area contributed by atoms with Crippen LogP contribution >= 0.6 is 0 Å². The smallest absolute Gasteiger partial charge is 0.335 e. The van der Waals surface area contributed by atoms with Gasteiger partial charge in [-0.15, -0.1) is 0 Å². The molecule has 0 atom stereocenters. The number of carboxylic acids is 1. The number of amides is 1. The lowest BCUT2D eigenvalue weighted by molar-refractivity contribution is -0.119. The Morgan fingerprint density at radius 1 is 1.35 bits per heavy atom. The van der Waals surface area contributed by atoms with Crippen molar-refractivity contribution >= 4 is 17.6 Å². The standard InChI is InChI=1S/C12H16N2O3/c1-3-13-11(15)7-14-9-4-5-10(12(16)17)8(2)6-9/h4-6,14H,3,7H2,1-2H3,(H,13,15)(H,16,17). The van der Waals surface area contributed by atoms with Crippen LogP contribution in [0.1, 0.15) is 22.8 Å². The van der Waals surface area contributed by atoms with Gasteiger partial charge in [0.15, 0.2) is 0 Å². The molecule has 92 valence electrons. The Hall–Kier alpha value is -2.04. The van der Waals surface area contributed by atoms with Crippen LogP contribution in [0.3, 0.4) is 0 Å². The van der Waals surface area contributed by atoms with E-state index in [2.05, 4.69) is 10.6 Å². The molecule has 17 heavy (non-hydrogen) atoms. The van der Waals surface area contributed by atoms with Crippen LogP contribution in [0.15, 0.2) is 18.2 Å². The van der Waals surface area contributed by atoms with Gasteiger partial charge in [-0.25, -0.2) is 4.79 Å². The number of carbonyl (C=O) groups excluding carboxylic acids is 1. The predicted molar refractivity (Wildman–Crippen MR) is 65.3 cm³/mol. The number of hydrogen-bond donors (Lipinski definition) is 3. The van der Waals surface area contributed by atoms with Gasteiger partial charge in [-0.2, -0.15) is 0 Å². The van der Waals surface area contributed by atoms with Gasteiger partial charge in [0.1, 0.15) is 0 Å². The molecule has 0 aliphatic rings. The summed E-state index contributed by atoms with van der Waals surface area (Å²) in [6.07, 6.45) is 0. The van der Waals surface area contributed by atoms with Crippen LogP contribution in [0.25, 0.3) is 0 Å². The number of nitrogens with one attached hydrogen (secondary N) is 2. The average Bonchev–Trinajstić information content (AvgIpc) is 2.26. The lowest BCUT2D eigenvalue weighted by Crippen LogP contribution is -2.29. The fourth-order valence-electron chi connectivity index (χ4n) is 1.46. The molecule has 0 aliphatic heterocycles. The Kier molecular flexibility index (Phi) is 4.51. The quantitative estimate of drug-likeness (QED) is 0.718. The summed E-state index contributed by atoms with van der Waals surface area (Å²) in [5, 5.41) is 14.5. The van der Waals surface area contributed by atoms with Gasteiger partial charge in [0.05, 0.1) is 12.1 Å². The first-order valence-electron chi connectivity index (χ1n) is 5.39. The molecule has 0 spiro atoms. The minimum Gasteiger partial charge on any atom is -0.478 e. The number of aryl methyl sites for hydroxylation is 1. The zero-order valence-corrected chi connectivity index (χ0v) is 9.91. The molecule has 1 aromatic carbocycles. The van der Waals surface area contributed by atoms with E-state index in [0.717, 1.165) is 5.69 Å². The second kappa shape index (κ2) is 5.89. The second-order valence-corrected chi connectivity index (χ2v) is 3.64. The van der Waals surface area contributed by atoms with Gasteiger partial charge in [-0.05, 0) is 37.6 Å². The van der Waals surface area contributed by atoms with Crippen molar-refractivity contribution in [1.82, 2.24) is 5.32 Å². The highest BCUT2D eigenvalue weighted by Gasteiger charge is 2.07. The third-order valence-electron chi connectivity index (χ3n) is 2.28. The molecule has 1 aromatic rings. The van der Waals surface area contributed by atoms with Crippen molar-refractivity contribution in [2.24, 2.45) is 0 Å². The van der Waals surface area contributed by atoms with Gasteiger partial charge >= 0.3 is 5.97 Å². The van der Waals surface area contributed by atoms with E-state index in [0.29, 0.717) is 12.1 Å². The number of anilines is 1. The molecule has 0 unspecified atom stereocenters. The Morgan fingerprint density at radius 3 is 2.59 bits per heavy atom. The summed E-state index contributed by atoms with van der Waals surface area (Å²) in [7, 11) is 0. The van der Waals surface area contributed by atoms with Crippen molar-refractivity contribution in [2.45, 2.75) is 13.8 Å². The Bertz CT molecular complexity index is 430. The fourth-order valence-corrected chi connectivity index (χ4v) is 1.46. The van der Waals surface area contributed by atoms with E-state index in [1.54, 1.807) is 19.1 Å². The molecule has 0 aromatic heterocycles. The molecule has 5 nitrogen and oxygen atoms in total. The average molecular weight is 236 g/mol. The van der Waals surface area contributed by atoms with Crippen molar-refractivity contribution < 1.29 is 14.7 Å². The van der Waals surface area contributed by atoms with Crippen molar-refractivity contribution in [3.8, 4) is 0 Å². The molecule has 0 heterocycles. The highest BCUT2D eigenvalue weighted by atomic mass is 16.4. The zero-order chi connectivity index (χ0) is 12.8. The number of rotatable bonds is 5. The van der Waals surface area contributed by atoms with Crippen molar-refractivity contribution in [3.63, 3.8) is 0 Å². The van der Waals surface area contributed by atoms with Crippen molar-refractivity contribution in [2.75, 3.05) is 18.4 Å². The van der Waals surface area contributed by atoms with Crippen molar-refractivity contribution in [3.05, 3.63) is 29.3 Å². The van der Waals surface area contributed by atoms with Crippen molar-refractivity contribution in [1.29, 1.82) is 0 Å². The van der Waals surface area contributed by atoms with Gasteiger partial charge in [-0.3, -0.25) is 4.79 Å². The molecule has 0 saturated heterocycles. The Balaban J connectivity index is 2.65. The van der Waals surface area contributed by atoms with Gasteiger partial charge < -0.3 is 15.7 Å². The van der Waals surface area contributed by atoms with Crippen LogP contribution < -0.4 is 10.6 Å². The van der Waals surface area contributed by atoms with E-state index in [4.69, 9.17) is 5.11 Å². The highest BCUT2D eigenvalue weighted by Crippen LogP contribution is 2.14. The van der Waals surface area contributed by atoms with Crippen LogP contribution in [-0.4, -0.2) is 30.1 Å². The summed E-state index contributed by atoms with van der Waals surface area (Å²) >= 11 is 0. The molecule has 0 saturated carbocycles. The Labute approximate surface area is 99.8 Å². The number of carbonyl (C=O) groups is 2. The lowest BCUT2D eigenvalue weighted by atomic mass is 10.1. The number of hydrogen-bond acceptors (Lipinski definition) is 3. The van der Waals surface area contributed by atoms with Crippen LogP contribution in [0, 0.1) is 6.92 Å². The van der Waals surface area contributed by atoms with Crippen LogP contribution in [0.2, 0.25) is 0 Å². The van der Waals surface area contributed by atoms with E-state index >= 15 is 0 Å². The van der Waals surface area contributed by atoms with Crippen LogP contribution in [0.4, 0.5) is 5.69 Å². The van der Waals surface area contributed by atoms with Crippen LogP contribution in [0.5, 0.6) is 0 Å². The zero-order valence-electron chi connectivity index (χ0n) is 9.91. The molecule has 5 heteroatoms. The molecule has 1 rings (SSSR count).